The molecule has 1 aromatic carbocycles. The number of hydrogen-bond acceptors (Lipinski definition) is 3. The van der Waals surface area contributed by atoms with Crippen molar-refractivity contribution in [2.45, 2.75) is 26.3 Å². The molecule has 3 nitrogen and oxygen atoms in total. The summed E-state index contributed by atoms with van der Waals surface area (Å²) in [6, 6.07) is 5.35. The Morgan fingerprint density at radius 2 is 1.94 bits per heavy atom. The Kier molecular flexibility index (Phi) is 5.78. The lowest BCUT2D eigenvalue weighted by Crippen LogP contribution is -2.30. The molecule has 0 fully saturated rings. The first kappa shape index (κ1) is 14.6. The van der Waals surface area contributed by atoms with E-state index in [9.17, 15) is 9.18 Å². The Morgan fingerprint density at radius 1 is 1.33 bits per heavy atom. The van der Waals surface area contributed by atoms with Crippen LogP contribution in [0.4, 0.5) is 4.39 Å². The van der Waals surface area contributed by atoms with Crippen molar-refractivity contribution >= 4 is 5.97 Å². The third-order valence-electron chi connectivity index (χ3n) is 2.71. The molecular weight excluding hydrogens is 233 g/mol. The van der Waals surface area contributed by atoms with E-state index in [1.807, 2.05) is 0 Å². The third kappa shape index (κ3) is 4.45. The van der Waals surface area contributed by atoms with Crippen LogP contribution < -0.4 is 5.32 Å². The summed E-state index contributed by atoms with van der Waals surface area (Å²) >= 11 is 0. The largest absolute Gasteiger partial charge is 0.468 e. The number of esters is 1. The average molecular weight is 253 g/mol. The van der Waals surface area contributed by atoms with Crippen LogP contribution in [0.2, 0.25) is 0 Å². The van der Waals surface area contributed by atoms with Gasteiger partial charge in [-0.15, -0.1) is 0 Å². The first-order chi connectivity index (χ1) is 8.54. The Labute approximate surface area is 107 Å². The van der Waals surface area contributed by atoms with Crippen molar-refractivity contribution < 1.29 is 13.9 Å². The van der Waals surface area contributed by atoms with E-state index in [0.717, 1.165) is 13.0 Å². The number of halogens is 1. The third-order valence-corrected chi connectivity index (χ3v) is 2.71. The SMILES string of the molecule is COC(=O)C(NCCC(C)C)c1ccc(F)cc1. The lowest BCUT2D eigenvalue weighted by molar-refractivity contribution is -0.143. The van der Waals surface area contributed by atoms with E-state index in [2.05, 4.69) is 19.2 Å². The maximum Gasteiger partial charge on any atom is 0.327 e. The van der Waals surface area contributed by atoms with Crippen molar-refractivity contribution in [1.29, 1.82) is 0 Å². The summed E-state index contributed by atoms with van der Waals surface area (Å²) in [5.74, 6) is -0.112. The zero-order valence-corrected chi connectivity index (χ0v) is 11.1. The minimum atomic E-state index is -0.533. The fourth-order valence-electron chi connectivity index (χ4n) is 1.63. The zero-order valence-electron chi connectivity index (χ0n) is 11.1. The Balaban J connectivity index is 2.72. The Bertz CT molecular complexity index is 376. The van der Waals surface area contributed by atoms with Crippen molar-refractivity contribution in [3.8, 4) is 0 Å². The van der Waals surface area contributed by atoms with Gasteiger partial charge in [-0.2, -0.15) is 0 Å². The molecule has 0 bridgehead atoms. The molecule has 0 saturated carbocycles. The Morgan fingerprint density at radius 3 is 2.44 bits per heavy atom. The van der Waals surface area contributed by atoms with E-state index in [1.54, 1.807) is 12.1 Å². The van der Waals surface area contributed by atoms with Crippen LogP contribution in [0.25, 0.3) is 0 Å². The average Bonchev–Trinajstić information content (AvgIpc) is 2.35. The van der Waals surface area contributed by atoms with Crippen LogP contribution in [0, 0.1) is 11.7 Å². The van der Waals surface area contributed by atoms with Crippen LogP contribution in [-0.2, 0) is 9.53 Å². The fraction of sp³-hybridized carbons (Fsp3) is 0.500. The van der Waals surface area contributed by atoms with Crippen molar-refractivity contribution in [2.75, 3.05) is 13.7 Å². The highest BCUT2D eigenvalue weighted by Gasteiger charge is 2.20. The van der Waals surface area contributed by atoms with Crippen molar-refractivity contribution in [3.63, 3.8) is 0 Å². The second kappa shape index (κ2) is 7.11. The van der Waals surface area contributed by atoms with Gasteiger partial charge in [0.05, 0.1) is 7.11 Å². The summed E-state index contributed by atoms with van der Waals surface area (Å²) in [5, 5.41) is 3.14. The molecule has 1 rings (SSSR count). The van der Waals surface area contributed by atoms with Crippen LogP contribution in [-0.4, -0.2) is 19.6 Å². The van der Waals surface area contributed by atoms with Gasteiger partial charge in [-0.25, -0.2) is 9.18 Å². The molecule has 0 aliphatic heterocycles. The van der Waals surface area contributed by atoms with Crippen LogP contribution in [0.5, 0.6) is 0 Å². The highest BCUT2D eigenvalue weighted by molar-refractivity contribution is 5.77. The molecule has 0 radical (unpaired) electrons. The summed E-state index contributed by atoms with van der Waals surface area (Å²) < 4.78 is 17.6. The lowest BCUT2D eigenvalue weighted by atomic mass is 10.1. The second-order valence-corrected chi connectivity index (χ2v) is 4.64. The molecule has 1 aromatic rings. The highest BCUT2D eigenvalue weighted by Crippen LogP contribution is 2.15. The summed E-state index contributed by atoms with van der Waals surface area (Å²) in [6.45, 7) is 4.95. The van der Waals surface area contributed by atoms with Crippen LogP contribution >= 0.6 is 0 Å². The minimum absolute atomic E-state index is 0.315. The molecule has 0 amide bonds. The Hall–Kier alpha value is -1.42. The normalized spacial score (nSPS) is 12.5. The molecular formula is C14H20FNO2. The van der Waals surface area contributed by atoms with Gasteiger partial charge >= 0.3 is 5.97 Å². The van der Waals surface area contributed by atoms with E-state index < -0.39 is 6.04 Å². The van der Waals surface area contributed by atoms with Gasteiger partial charge in [-0.1, -0.05) is 26.0 Å². The minimum Gasteiger partial charge on any atom is -0.468 e. The van der Waals surface area contributed by atoms with E-state index >= 15 is 0 Å². The van der Waals surface area contributed by atoms with Gasteiger partial charge in [0, 0.05) is 0 Å². The number of benzene rings is 1. The molecule has 1 unspecified atom stereocenters. The van der Waals surface area contributed by atoms with Gasteiger partial charge in [0.2, 0.25) is 0 Å². The molecule has 0 heterocycles. The molecule has 4 heteroatoms. The predicted molar refractivity (Wildman–Crippen MR) is 68.6 cm³/mol. The molecule has 1 atom stereocenters. The van der Waals surface area contributed by atoms with E-state index in [0.29, 0.717) is 11.5 Å². The number of carbonyl (C=O) groups is 1. The number of methoxy groups -OCH3 is 1. The van der Waals surface area contributed by atoms with E-state index in [4.69, 9.17) is 4.74 Å². The van der Waals surface area contributed by atoms with Crippen LogP contribution in [0.1, 0.15) is 31.9 Å². The topological polar surface area (TPSA) is 38.3 Å². The number of carbonyl (C=O) groups excluding carboxylic acids is 1. The zero-order chi connectivity index (χ0) is 13.5. The van der Waals surface area contributed by atoms with Gasteiger partial charge < -0.3 is 10.1 Å². The summed E-state index contributed by atoms with van der Waals surface area (Å²) in [7, 11) is 1.35. The summed E-state index contributed by atoms with van der Waals surface area (Å²) in [6.07, 6.45) is 0.967. The van der Waals surface area contributed by atoms with E-state index in [-0.39, 0.29) is 11.8 Å². The fourth-order valence-corrected chi connectivity index (χ4v) is 1.63. The standard InChI is InChI=1S/C14H20FNO2/c1-10(2)8-9-16-13(14(17)18-3)11-4-6-12(15)7-5-11/h4-7,10,13,16H,8-9H2,1-3H3. The molecule has 100 valence electrons. The van der Waals surface area contributed by atoms with E-state index in [1.165, 1.54) is 19.2 Å². The quantitative estimate of drug-likeness (QED) is 0.792. The predicted octanol–water partition coefficient (Wildman–Crippen LogP) is 2.68. The highest BCUT2D eigenvalue weighted by atomic mass is 19.1. The monoisotopic (exact) mass is 253 g/mol. The van der Waals surface area contributed by atoms with Crippen molar-refractivity contribution in [1.82, 2.24) is 5.32 Å². The number of ether oxygens (including phenoxy) is 1. The summed E-state index contributed by atoms with van der Waals surface area (Å²) in [4.78, 5) is 11.7. The first-order valence-corrected chi connectivity index (χ1v) is 6.11. The van der Waals surface area contributed by atoms with Gasteiger partial charge in [-0.3, -0.25) is 0 Å². The van der Waals surface area contributed by atoms with Gasteiger partial charge in [0.1, 0.15) is 11.9 Å². The molecule has 18 heavy (non-hydrogen) atoms. The second-order valence-electron chi connectivity index (χ2n) is 4.64. The van der Waals surface area contributed by atoms with Gasteiger partial charge in [0.15, 0.2) is 0 Å². The molecule has 0 aliphatic rings. The maximum absolute atomic E-state index is 12.9. The lowest BCUT2D eigenvalue weighted by Gasteiger charge is -2.17. The van der Waals surface area contributed by atoms with Crippen molar-refractivity contribution in [3.05, 3.63) is 35.6 Å². The van der Waals surface area contributed by atoms with Gasteiger partial charge in [-0.05, 0) is 36.6 Å². The number of nitrogens with one attached hydrogen (secondary N) is 1. The van der Waals surface area contributed by atoms with Crippen LogP contribution in [0.15, 0.2) is 24.3 Å². The molecule has 0 aromatic heterocycles. The smallest absolute Gasteiger partial charge is 0.327 e. The maximum atomic E-state index is 12.9. The van der Waals surface area contributed by atoms with Crippen LogP contribution in [0.3, 0.4) is 0 Å². The van der Waals surface area contributed by atoms with Gasteiger partial charge in [0.25, 0.3) is 0 Å². The van der Waals surface area contributed by atoms with Crippen molar-refractivity contribution in [2.24, 2.45) is 5.92 Å². The number of rotatable bonds is 6. The first-order valence-electron chi connectivity index (χ1n) is 6.11. The molecule has 0 spiro atoms. The molecule has 0 aliphatic carbocycles. The molecule has 0 saturated heterocycles. The molecule has 1 N–H and O–H groups in total. The summed E-state index contributed by atoms with van der Waals surface area (Å²) in [5.41, 5.74) is 0.715. The number of hydrogen-bond donors (Lipinski definition) is 1.